The van der Waals surface area contributed by atoms with Crippen LogP contribution in [0.25, 0.3) is 10.9 Å². The summed E-state index contributed by atoms with van der Waals surface area (Å²) in [5.41, 5.74) is 8.63. The van der Waals surface area contributed by atoms with Crippen molar-refractivity contribution >= 4 is 28.6 Å². The number of benzene rings is 2. The van der Waals surface area contributed by atoms with Crippen molar-refractivity contribution in [2.75, 3.05) is 57.3 Å². The smallest absolute Gasteiger partial charge is 0.314 e. The van der Waals surface area contributed by atoms with Crippen LogP contribution < -0.4 is 15.4 Å². The molecule has 2 fully saturated rings. The molecule has 3 heterocycles. The van der Waals surface area contributed by atoms with Crippen LogP contribution in [0.15, 0.2) is 60.8 Å². The number of fused-ring (bicyclic) bond motifs is 1. The molecule has 2 aliphatic rings. The van der Waals surface area contributed by atoms with E-state index in [9.17, 15) is 14.7 Å². The molecule has 2 amide bonds. The SMILES string of the molecule is Cc1ccccc1N1CCN(C(N)=O)CC1.O=C(O)C1CCCN(C[C@@H](O)COc2cccc3ncccc23)C1. The summed E-state index contributed by atoms with van der Waals surface area (Å²) in [6.07, 6.45) is 2.63. The van der Waals surface area contributed by atoms with Crippen molar-refractivity contribution in [3.8, 4) is 5.75 Å². The largest absolute Gasteiger partial charge is 0.490 e. The summed E-state index contributed by atoms with van der Waals surface area (Å²) in [5.74, 6) is -0.397. The van der Waals surface area contributed by atoms with E-state index < -0.39 is 12.1 Å². The number of aliphatic hydroxyl groups is 1. The van der Waals surface area contributed by atoms with Gasteiger partial charge in [0.15, 0.2) is 0 Å². The Bertz CT molecular complexity index is 1270. The molecule has 10 nitrogen and oxygen atoms in total. The molecule has 2 saturated heterocycles. The zero-order valence-corrected chi connectivity index (χ0v) is 23.0. The summed E-state index contributed by atoms with van der Waals surface area (Å²) >= 11 is 0. The zero-order valence-electron chi connectivity index (χ0n) is 23.0. The van der Waals surface area contributed by atoms with Crippen molar-refractivity contribution in [1.82, 2.24) is 14.8 Å². The van der Waals surface area contributed by atoms with E-state index in [0.717, 1.165) is 37.0 Å². The van der Waals surface area contributed by atoms with Crippen molar-refractivity contribution in [2.24, 2.45) is 11.7 Å². The second-order valence-corrected chi connectivity index (χ2v) is 10.3. The first-order chi connectivity index (χ1) is 19.3. The van der Waals surface area contributed by atoms with Gasteiger partial charge in [-0.15, -0.1) is 0 Å². The number of aryl methyl sites for hydroxylation is 1. The lowest BCUT2D eigenvalue weighted by atomic mass is 9.98. The van der Waals surface area contributed by atoms with Gasteiger partial charge in [-0.25, -0.2) is 4.79 Å². The number of aliphatic carboxylic acids is 1. The Balaban J connectivity index is 0.000000201. The Morgan fingerprint density at radius 3 is 2.55 bits per heavy atom. The number of nitrogens with zero attached hydrogens (tertiary/aromatic N) is 4. The molecule has 0 bridgehead atoms. The minimum atomic E-state index is -0.756. The molecule has 0 aliphatic carbocycles. The first-order valence-electron chi connectivity index (χ1n) is 13.8. The summed E-state index contributed by atoms with van der Waals surface area (Å²) in [7, 11) is 0. The molecule has 0 spiro atoms. The van der Waals surface area contributed by atoms with E-state index in [1.54, 1.807) is 11.1 Å². The molecule has 0 radical (unpaired) electrons. The predicted octanol–water partition coefficient (Wildman–Crippen LogP) is 2.97. The van der Waals surface area contributed by atoms with Crippen LogP contribution in [0.3, 0.4) is 0 Å². The molecule has 10 heteroatoms. The quantitative estimate of drug-likeness (QED) is 0.410. The Kier molecular flexibility index (Phi) is 10.2. The maximum absolute atomic E-state index is 11.1. The van der Waals surface area contributed by atoms with Crippen LogP contribution in [0.5, 0.6) is 5.75 Å². The summed E-state index contributed by atoms with van der Waals surface area (Å²) < 4.78 is 5.76. The van der Waals surface area contributed by atoms with Gasteiger partial charge >= 0.3 is 12.0 Å². The average Bonchev–Trinajstić information content (AvgIpc) is 2.97. The Labute approximate surface area is 235 Å². The Morgan fingerprint density at radius 1 is 1.05 bits per heavy atom. The molecule has 0 saturated carbocycles. The van der Waals surface area contributed by atoms with Crippen LogP contribution in [-0.4, -0.2) is 95.5 Å². The molecular weight excluding hydrogens is 510 g/mol. The van der Waals surface area contributed by atoms with Gasteiger partial charge in [0.2, 0.25) is 0 Å². The number of urea groups is 1. The number of aliphatic hydroxyl groups excluding tert-OH is 1. The molecule has 1 aromatic heterocycles. The van der Waals surface area contributed by atoms with E-state index in [1.807, 2.05) is 47.4 Å². The number of primary amides is 1. The molecule has 2 aromatic carbocycles. The minimum Gasteiger partial charge on any atom is -0.490 e. The monoisotopic (exact) mass is 549 g/mol. The van der Waals surface area contributed by atoms with Gasteiger partial charge in [-0.05, 0) is 62.2 Å². The molecule has 3 aromatic rings. The number of hydrogen-bond acceptors (Lipinski definition) is 7. The van der Waals surface area contributed by atoms with Crippen LogP contribution >= 0.6 is 0 Å². The number of carbonyl (C=O) groups is 2. The van der Waals surface area contributed by atoms with E-state index >= 15 is 0 Å². The number of rotatable bonds is 7. The molecule has 214 valence electrons. The summed E-state index contributed by atoms with van der Waals surface area (Å²) in [6, 6.07) is 17.4. The lowest BCUT2D eigenvalue weighted by Gasteiger charge is -2.35. The third-order valence-electron chi connectivity index (χ3n) is 7.41. The number of piperidine rings is 1. The first kappa shape index (κ1) is 29.1. The number of amides is 2. The lowest BCUT2D eigenvalue weighted by molar-refractivity contribution is -0.143. The number of pyridine rings is 1. The highest BCUT2D eigenvalue weighted by molar-refractivity contribution is 5.84. The number of likely N-dealkylation sites (tertiary alicyclic amines) is 1. The van der Waals surface area contributed by atoms with Crippen LogP contribution in [-0.2, 0) is 4.79 Å². The van der Waals surface area contributed by atoms with Gasteiger partial charge in [-0.1, -0.05) is 24.3 Å². The van der Waals surface area contributed by atoms with E-state index in [2.05, 4.69) is 28.9 Å². The maximum atomic E-state index is 11.1. The van der Waals surface area contributed by atoms with Crippen LogP contribution in [0.4, 0.5) is 10.5 Å². The third-order valence-corrected chi connectivity index (χ3v) is 7.41. The first-order valence-corrected chi connectivity index (χ1v) is 13.8. The zero-order chi connectivity index (χ0) is 28.5. The summed E-state index contributed by atoms with van der Waals surface area (Å²) in [4.78, 5) is 32.4. The fraction of sp³-hybridized carbons (Fsp3) is 0.433. The number of carbonyl (C=O) groups excluding carboxylic acids is 1. The maximum Gasteiger partial charge on any atom is 0.314 e. The van der Waals surface area contributed by atoms with Crippen molar-refractivity contribution in [3.05, 3.63) is 66.4 Å². The number of anilines is 1. The number of hydrogen-bond donors (Lipinski definition) is 3. The van der Waals surface area contributed by atoms with Gasteiger partial charge in [0.25, 0.3) is 0 Å². The molecule has 1 unspecified atom stereocenters. The molecular formula is C30H39N5O5. The van der Waals surface area contributed by atoms with Gasteiger partial charge in [0.05, 0.1) is 11.4 Å². The van der Waals surface area contributed by atoms with Crippen molar-refractivity contribution < 1.29 is 24.5 Å². The number of β-amino-alcohol motifs (C(OH)–C–C–N with tert-alkyl or cyclic N) is 1. The number of nitrogens with two attached hydrogens (primary N) is 1. The van der Waals surface area contributed by atoms with E-state index in [1.165, 1.54) is 11.3 Å². The van der Waals surface area contributed by atoms with Crippen molar-refractivity contribution in [2.45, 2.75) is 25.9 Å². The van der Waals surface area contributed by atoms with Gasteiger partial charge in [0, 0.05) is 56.5 Å². The number of ether oxygens (including phenoxy) is 1. The normalized spacial score (nSPS) is 18.5. The minimum absolute atomic E-state index is 0.169. The van der Waals surface area contributed by atoms with E-state index in [0.29, 0.717) is 38.3 Å². The highest BCUT2D eigenvalue weighted by Crippen LogP contribution is 2.24. The highest BCUT2D eigenvalue weighted by atomic mass is 16.5. The number of piperazine rings is 1. The topological polar surface area (TPSA) is 132 Å². The summed E-state index contributed by atoms with van der Waals surface area (Å²) in [5, 5.41) is 20.3. The van der Waals surface area contributed by atoms with Gasteiger partial charge in [-0.3, -0.25) is 14.7 Å². The van der Waals surface area contributed by atoms with Crippen LogP contribution in [0.2, 0.25) is 0 Å². The second-order valence-electron chi connectivity index (χ2n) is 10.3. The summed E-state index contributed by atoms with van der Waals surface area (Å²) in [6.45, 7) is 7.14. The van der Waals surface area contributed by atoms with Gasteiger partial charge in [-0.2, -0.15) is 0 Å². The molecule has 2 atom stereocenters. The lowest BCUT2D eigenvalue weighted by Crippen LogP contribution is -2.50. The Hall–Kier alpha value is -3.89. The molecule has 40 heavy (non-hydrogen) atoms. The van der Waals surface area contributed by atoms with E-state index in [-0.39, 0.29) is 18.6 Å². The average molecular weight is 550 g/mol. The van der Waals surface area contributed by atoms with Crippen LogP contribution in [0, 0.1) is 12.8 Å². The molecule has 2 aliphatic heterocycles. The number of carboxylic acids is 1. The fourth-order valence-corrected chi connectivity index (χ4v) is 5.25. The molecule has 4 N–H and O–H groups in total. The van der Waals surface area contributed by atoms with Crippen LogP contribution in [0.1, 0.15) is 18.4 Å². The predicted molar refractivity (Wildman–Crippen MR) is 155 cm³/mol. The van der Waals surface area contributed by atoms with Gasteiger partial charge in [0.1, 0.15) is 18.5 Å². The number of para-hydroxylation sites is 1. The third kappa shape index (κ3) is 7.83. The van der Waals surface area contributed by atoms with E-state index in [4.69, 9.17) is 15.6 Å². The highest BCUT2D eigenvalue weighted by Gasteiger charge is 2.26. The molecule has 5 rings (SSSR count). The standard InChI is InChI=1S/C18H22N2O4.C12H17N3O/c21-14(11-20-9-3-4-13(10-20)18(22)23)12-24-17-7-1-6-16-15(17)5-2-8-19-16;1-10-4-2-3-5-11(10)14-6-8-15(9-7-14)12(13)16/h1-2,5-8,13-14,21H,3-4,9-12H2,(H,22,23);2-5H,6-9H2,1H3,(H2,13,16)/t13?,14-;/m1./s1. The Morgan fingerprint density at radius 2 is 1.82 bits per heavy atom. The van der Waals surface area contributed by atoms with Crippen molar-refractivity contribution in [1.29, 1.82) is 0 Å². The second kappa shape index (κ2) is 14.0. The number of carboxylic acid groups (broad SMARTS) is 1. The fourth-order valence-electron chi connectivity index (χ4n) is 5.25. The number of aromatic nitrogens is 1. The van der Waals surface area contributed by atoms with Gasteiger partial charge < -0.3 is 30.5 Å². The van der Waals surface area contributed by atoms with Crippen molar-refractivity contribution in [3.63, 3.8) is 0 Å².